The molecule has 1 heterocycles. The molecule has 0 amide bonds. The molecule has 0 saturated carbocycles. The first-order valence-corrected chi connectivity index (χ1v) is 2.87. The molecule has 0 unspecified atom stereocenters. The number of nitrogens with zero attached hydrogens (tertiary/aromatic N) is 1. The van der Waals surface area contributed by atoms with E-state index in [1.807, 2.05) is 0 Å². The van der Waals surface area contributed by atoms with E-state index in [4.69, 9.17) is 13.6 Å². The summed E-state index contributed by atoms with van der Waals surface area (Å²) in [5.74, 6) is 0.462. The molecule has 1 rings (SSSR count). The Hall–Kier alpha value is -1.25. The number of pyridine rings is 1. The highest BCUT2D eigenvalue weighted by Gasteiger charge is 1.93. The van der Waals surface area contributed by atoms with Crippen LogP contribution in [0.25, 0.3) is 6.08 Å². The summed E-state index contributed by atoms with van der Waals surface area (Å²) in [7, 11) is 5.44. The first-order chi connectivity index (χ1) is 4.74. The second kappa shape index (κ2) is 2.56. The number of rotatable bonds is 1. The van der Waals surface area contributed by atoms with Crippen molar-refractivity contribution in [3.05, 3.63) is 24.4 Å². The van der Waals surface area contributed by atoms with Crippen molar-refractivity contribution in [2.45, 2.75) is 0 Å². The Morgan fingerprint density at radius 1 is 1.70 bits per heavy atom. The third-order valence-corrected chi connectivity index (χ3v) is 1.19. The van der Waals surface area contributed by atoms with Crippen LogP contribution in [0.5, 0.6) is 0 Å². The van der Waals surface area contributed by atoms with Crippen LogP contribution >= 0.6 is 0 Å². The zero-order chi connectivity index (χ0) is 7.56. The second-order valence-electron chi connectivity index (χ2n) is 1.95. The molecule has 2 radical (unpaired) electrons. The van der Waals surface area contributed by atoms with Crippen LogP contribution in [0.1, 0.15) is 5.56 Å². The lowest BCUT2D eigenvalue weighted by atomic mass is 9.97. The van der Waals surface area contributed by atoms with Crippen molar-refractivity contribution in [3.63, 3.8) is 0 Å². The molecule has 0 atom stereocenters. The van der Waals surface area contributed by atoms with Crippen LogP contribution < -0.4 is 11.2 Å². The molecular formula is C7H7BN2. The molecule has 3 heteroatoms. The monoisotopic (exact) mass is 130 g/mol. The van der Waals surface area contributed by atoms with Crippen molar-refractivity contribution in [3.8, 4) is 0 Å². The summed E-state index contributed by atoms with van der Waals surface area (Å²) in [6.45, 7) is 3.56. The minimum absolute atomic E-state index is 0.462. The molecular weight excluding hydrogens is 123 g/mol. The van der Waals surface area contributed by atoms with Gasteiger partial charge in [0, 0.05) is 11.8 Å². The summed E-state index contributed by atoms with van der Waals surface area (Å²) in [6, 6.07) is 1.73. The quantitative estimate of drug-likeness (QED) is 0.547. The van der Waals surface area contributed by atoms with Gasteiger partial charge in [-0.15, -0.1) is 0 Å². The van der Waals surface area contributed by atoms with Crippen molar-refractivity contribution in [2.24, 2.45) is 0 Å². The van der Waals surface area contributed by atoms with Crippen molar-refractivity contribution in [2.75, 3.05) is 5.73 Å². The van der Waals surface area contributed by atoms with Gasteiger partial charge in [-0.2, -0.15) is 0 Å². The van der Waals surface area contributed by atoms with E-state index >= 15 is 0 Å². The molecule has 0 aromatic carbocycles. The van der Waals surface area contributed by atoms with E-state index < -0.39 is 0 Å². The average Bonchev–Trinajstić information content (AvgIpc) is 1.94. The fourth-order valence-corrected chi connectivity index (χ4v) is 0.673. The second-order valence-corrected chi connectivity index (χ2v) is 1.95. The van der Waals surface area contributed by atoms with E-state index in [1.54, 1.807) is 12.1 Å². The van der Waals surface area contributed by atoms with Gasteiger partial charge < -0.3 is 5.73 Å². The van der Waals surface area contributed by atoms with Gasteiger partial charge in [-0.25, -0.2) is 4.98 Å². The van der Waals surface area contributed by atoms with E-state index in [0.717, 1.165) is 5.56 Å². The Morgan fingerprint density at radius 2 is 2.40 bits per heavy atom. The van der Waals surface area contributed by atoms with Crippen LogP contribution in [0.3, 0.4) is 0 Å². The Morgan fingerprint density at radius 3 is 2.90 bits per heavy atom. The third kappa shape index (κ3) is 1.18. The number of aromatic nitrogens is 1. The molecule has 2 nitrogen and oxygen atoms in total. The molecule has 48 valence electrons. The Kier molecular flexibility index (Phi) is 1.76. The molecule has 0 spiro atoms. The van der Waals surface area contributed by atoms with Gasteiger partial charge in [-0.05, 0) is 0 Å². The highest BCUT2D eigenvalue weighted by atomic mass is 14.8. The van der Waals surface area contributed by atoms with E-state index in [0.29, 0.717) is 11.3 Å². The average molecular weight is 130 g/mol. The van der Waals surface area contributed by atoms with Gasteiger partial charge in [0.2, 0.25) is 0 Å². The van der Waals surface area contributed by atoms with Gasteiger partial charge in [-0.3, -0.25) is 0 Å². The lowest BCUT2D eigenvalue weighted by molar-refractivity contribution is 1.35. The maximum absolute atomic E-state index is 5.46. The predicted molar refractivity (Wildman–Crippen MR) is 44.1 cm³/mol. The number of hydrogen-bond acceptors (Lipinski definition) is 2. The summed E-state index contributed by atoms with van der Waals surface area (Å²) < 4.78 is 0. The third-order valence-electron chi connectivity index (χ3n) is 1.19. The predicted octanol–water partition coefficient (Wildman–Crippen LogP) is 0.101. The lowest BCUT2D eigenvalue weighted by Gasteiger charge is -1.98. The van der Waals surface area contributed by atoms with Crippen LogP contribution in [-0.2, 0) is 0 Å². The summed E-state index contributed by atoms with van der Waals surface area (Å²) in [5.41, 5.74) is 6.84. The number of nitrogen functional groups attached to an aromatic ring is 1. The van der Waals surface area contributed by atoms with Crippen LogP contribution in [0.2, 0.25) is 0 Å². The van der Waals surface area contributed by atoms with Gasteiger partial charge in [0.15, 0.2) is 0 Å². The van der Waals surface area contributed by atoms with Gasteiger partial charge in [0.05, 0.1) is 0 Å². The molecule has 0 aliphatic heterocycles. The summed E-state index contributed by atoms with van der Waals surface area (Å²) >= 11 is 0. The molecule has 2 N–H and O–H groups in total. The zero-order valence-electron chi connectivity index (χ0n) is 5.54. The van der Waals surface area contributed by atoms with E-state index in [-0.39, 0.29) is 0 Å². The van der Waals surface area contributed by atoms with Crippen LogP contribution in [0, 0.1) is 0 Å². The number of hydrogen-bond donors (Lipinski definition) is 1. The highest BCUT2D eigenvalue weighted by Crippen LogP contribution is 2.05. The largest absolute Gasteiger partial charge is 0.383 e. The Balaban J connectivity index is 3.21. The summed E-state index contributed by atoms with van der Waals surface area (Å²) in [5, 5.41) is 0. The van der Waals surface area contributed by atoms with E-state index in [2.05, 4.69) is 11.6 Å². The molecule has 1 aromatic rings. The van der Waals surface area contributed by atoms with Gasteiger partial charge in [0.25, 0.3) is 0 Å². The van der Waals surface area contributed by atoms with Gasteiger partial charge in [0.1, 0.15) is 13.7 Å². The summed E-state index contributed by atoms with van der Waals surface area (Å²) in [4.78, 5) is 3.83. The fourth-order valence-electron chi connectivity index (χ4n) is 0.673. The molecule has 10 heavy (non-hydrogen) atoms. The fraction of sp³-hybridized carbons (Fsp3) is 0. The molecule has 0 saturated heterocycles. The maximum atomic E-state index is 5.46. The molecule has 1 aromatic heterocycles. The van der Waals surface area contributed by atoms with Gasteiger partial charge >= 0.3 is 0 Å². The van der Waals surface area contributed by atoms with Crippen molar-refractivity contribution in [1.29, 1.82) is 0 Å². The number of anilines is 1. The van der Waals surface area contributed by atoms with Crippen molar-refractivity contribution in [1.82, 2.24) is 4.98 Å². The van der Waals surface area contributed by atoms with Crippen LogP contribution in [0.15, 0.2) is 18.8 Å². The smallest absolute Gasteiger partial charge is 0.130 e. The van der Waals surface area contributed by atoms with Gasteiger partial charge in [-0.1, -0.05) is 24.2 Å². The van der Waals surface area contributed by atoms with E-state index in [1.165, 1.54) is 6.20 Å². The molecule has 0 fully saturated rings. The normalized spacial score (nSPS) is 9.20. The summed E-state index contributed by atoms with van der Waals surface area (Å²) in [6.07, 6.45) is 3.14. The Bertz CT molecular complexity index is 258. The molecule has 0 aliphatic rings. The standard InChI is InChI=1S/C7H7BN2/c1-2-5-3-6(8)4-10-7(5)9/h2-4H,1H2,(H2,9,10). The van der Waals surface area contributed by atoms with Crippen molar-refractivity contribution >= 4 is 25.2 Å². The first kappa shape index (κ1) is 6.87. The lowest BCUT2D eigenvalue weighted by Crippen LogP contribution is -2.06. The Labute approximate surface area is 61.2 Å². The first-order valence-electron chi connectivity index (χ1n) is 2.87. The zero-order valence-corrected chi connectivity index (χ0v) is 5.54. The van der Waals surface area contributed by atoms with E-state index in [9.17, 15) is 0 Å². The minimum atomic E-state index is 0.462. The molecule has 0 bridgehead atoms. The highest BCUT2D eigenvalue weighted by molar-refractivity contribution is 6.32. The molecule has 0 aliphatic carbocycles. The minimum Gasteiger partial charge on any atom is -0.383 e. The van der Waals surface area contributed by atoms with Crippen LogP contribution in [0.4, 0.5) is 5.82 Å². The van der Waals surface area contributed by atoms with Crippen molar-refractivity contribution < 1.29 is 0 Å². The maximum Gasteiger partial charge on any atom is 0.130 e. The SMILES string of the molecule is [B]c1cnc(N)c(C=C)c1. The number of nitrogens with two attached hydrogens (primary N) is 1. The topological polar surface area (TPSA) is 38.9 Å². The van der Waals surface area contributed by atoms with Crippen LogP contribution in [-0.4, -0.2) is 12.8 Å².